The quantitative estimate of drug-likeness (QED) is 0.257. The van der Waals surface area contributed by atoms with Crippen molar-refractivity contribution in [3.05, 3.63) is 0 Å². The van der Waals surface area contributed by atoms with E-state index in [1.807, 2.05) is 0 Å². The molecule has 0 saturated carbocycles. The lowest BCUT2D eigenvalue weighted by molar-refractivity contribution is -0.156. The first-order chi connectivity index (χ1) is 3.66. The fourth-order valence-electron chi connectivity index (χ4n) is 0.232. The van der Waals surface area contributed by atoms with Crippen molar-refractivity contribution in [2.45, 2.75) is 13.0 Å². The number of carbonyl (C=O) groups is 2. The SMILES string of the molecule is CC(=O)OC(=O)C[SiH3]. The summed E-state index contributed by atoms with van der Waals surface area (Å²) in [7, 11) is 0.752. The molecule has 4 heteroatoms. The summed E-state index contributed by atoms with van der Waals surface area (Å²) >= 11 is 0. The van der Waals surface area contributed by atoms with Gasteiger partial charge in [-0.3, -0.25) is 9.59 Å². The van der Waals surface area contributed by atoms with Crippen molar-refractivity contribution < 1.29 is 14.3 Å². The van der Waals surface area contributed by atoms with Crippen LogP contribution in [0.2, 0.25) is 6.04 Å². The molecule has 0 spiro atoms. The van der Waals surface area contributed by atoms with Gasteiger partial charge in [0, 0.05) is 23.2 Å². The van der Waals surface area contributed by atoms with Gasteiger partial charge in [0.05, 0.1) is 0 Å². The zero-order valence-electron chi connectivity index (χ0n) is 4.93. The van der Waals surface area contributed by atoms with Crippen molar-refractivity contribution in [3.8, 4) is 0 Å². The van der Waals surface area contributed by atoms with Crippen molar-refractivity contribution >= 4 is 22.2 Å². The highest BCUT2D eigenvalue weighted by Gasteiger charge is 1.99. The minimum absolute atomic E-state index is 0.388. The number of ether oxygens (including phenoxy) is 1. The Morgan fingerprint density at radius 1 is 1.62 bits per heavy atom. The van der Waals surface area contributed by atoms with Crippen LogP contribution in [0, 0.1) is 0 Å². The van der Waals surface area contributed by atoms with E-state index in [-0.39, 0.29) is 0 Å². The molecule has 0 saturated heterocycles. The maximum absolute atomic E-state index is 10.2. The van der Waals surface area contributed by atoms with E-state index in [9.17, 15) is 9.59 Å². The highest BCUT2D eigenvalue weighted by atomic mass is 28.1. The van der Waals surface area contributed by atoms with E-state index in [4.69, 9.17) is 0 Å². The van der Waals surface area contributed by atoms with Gasteiger partial charge in [-0.1, -0.05) is 0 Å². The lowest BCUT2D eigenvalue weighted by Crippen LogP contribution is -2.07. The minimum atomic E-state index is -0.522. The Labute approximate surface area is 50.4 Å². The van der Waals surface area contributed by atoms with Crippen LogP contribution in [0.4, 0.5) is 0 Å². The molecule has 8 heavy (non-hydrogen) atoms. The van der Waals surface area contributed by atoms with Gasteiger partial charge in [0.1, 0.15) is 0 Å². The number of carbonyl (C=O) groups excluding carboxylic acids is 2. The van der Waals surface area contributed by atoms with E-state index in [1.165, 1.54) is 6.92 Å². The Kier molecular flexibility index (Phi) is 3.10. The summed E-state index contributed by atoms with van der Waals surface area (Å²) < 4.78 is 4.16. The zero-order chi connectivity index (χ0) is 6.57. The topological polar surface area (TPSA) is 43.4 Å². The molecule has 0 unspecified atom stereocenters. The third-order valence-corrected chi connectivity index (χ3v) is 1.12. The van der Waals surface area contributed by atoms with Crippen molar-refractivity contribution in [3.63, 3.8) is 0 Å². The largest absolute Gasteiger partial charge is 0.394 e. The van der Waals surface area contributed by atoms with E-state index >= 15 is 0 Å². The van der Waals surface area contributed by atoms with Crippen LogP contribution in [0.3, 0.4) is 0 Å². The molecule has 0 radical (unpaired) electrons. The lowest BCUT2D eigenvalue weighted by Gasteiger charge is -1.92. The predicted molar refractivity (Wildman–Crippen MR) is 31.5 cm³/mol. The van der Waals surface area contributed by atoms with Gasteiger partial charge in [0.15, 0.2) is 0 Å². The highest BCUT2D eigenvalue weighted by molar-refractivity contribution is 6.19. The zero-order valence-corrected chi connectivity index (χ0v) is 6.93. The van der Waals surface area contributed by atoms with Crippen molar-refractivity contribution in [2.75, 3.05) is 0 Å². The van der Waals surface area contributed by atoms with E-state index in [0.717, 1.165) is 10.2 Å². The predicted octanol–water partition coefficient (Wildman–Crippen LogP) is -1.14. The van der Waals surface area contributed by atoms with Crippen molar-refractivity contribution in [1.82, 2.24) is 0 Å². The highest BCUT2D eigenvalue weighted by Crippen LogP contribution is 1.81. The number of hydrogen-bond donors (Lipinski definition) is 0. The Morgan fingerprint density at radius 3 is 2.25 bits per heavy atom. The van der Waals surface area contributed by atoms with Crippen molar-refractivity contribution in [2.24, 2.45) is 0 Å². The van der Waals surface area contributed by atoms with Crippen molar-refractivity contribution in [1.29, 1.82) is 0 Å². The normalized spacial score (nSPS) is 8.62. The molecule has 0 aliphatic heterocycles. The molecular weight excluding hydrogens is 124 g/mol. The summed E-state index contributed by atoms with van der Waals surface area (Å²) in [5, 5.41) is 0. The van der Waals surface area contributed by atoms with Gasteiger partial charge >= 0.3 is 11.9 Å². The maximum atomic E-state index is 10.2. The van der Waals surface area contributed by atoms with Crippen LogP contribution in [-0.2, 0) is 14.3 Å². The summed E-state index contributed by atoms with van der Waals surface area (Å²) in [4.78, 5) is 20.2. The van der Waals surface area contributed by atoms with Gasteiger partial charge in [0.2, 0.25) is 0 Å². The molecule has 0 fully saturated rings. The van der Waals surface area contributed by atoms with Gasteiger partial charge in [-0.05, 0) is 0 Å². The van der Waals surface area contributed by atoms with Gasteiger partial charge < -0.3 is 4.74 Å². The van der Waals surface area contributed by atoms with Gasteiger partial charge in [-0.15, -0.1) is 0 Å². The smallest absolute Gasteiger partial charge is 0.310 e. The first-order valence-electron chi connectivity index (χ1n) is 2.38. The van der Waals surface area contributed by atoms with E-state index in [0.29, 0.717) is 6.04 Å². The molecule has 3 nitrogen and oxygen atoms in total. The molecule has 0 aromatic heterocycles. The number of hydrogen-bond acceptors (Lipinski definition) is 3. The maximum Gasteiger partial charge on any atom is 0.310 e. The molecule has 0 atom stereocenters. The van der Waals surface area contributed by atoms with Crippen LogP contribution < -0.4 is 0 Å². The minimum Gasteiger partial charge on any atom is -0.394 e. The fourth-order valence-corrected chi connectivity index (χ4v) is 0.377. The van der Waals surface area contributed by atoms with Crippen LogP contribution >= 0.6 is 0 Å². The molecule has 0 N–H and O–H groups in total. The molecule has 46 valence electrons. The van der Waals surface area contributed by atoms with Crippen LogP contribution in [0.15, 0.2) is 0 Å². The number of esters is 2. The molecule has 0 aromatic rings. The fraction of sp³-hybridized carbons (Fsp3) is 0.500. The summed E-state index contributed by atoms with van der Waals surface area (Å²) in [6.45, 7) is 1.22. The molecule has 0 aromatic carbocycles. The second-order valence-electron chi connectivity index (χ2n) is 1.32. The second kappa shape index (κ2) is 3.37. The molecule has 0 heterocycles. The molecule has 0 amide bonds. The Hall–Kier alpha value is -0.643. The molecule has 0 rings (SSSR count). The van der Waals surface area contributed by atoms with Gasteiger partial charge in [0.25, 0.3) is 0 Å². The Bertz CT molecular complexity index is 110. The standard InChI is InChI=1S/C4H8O3Si/c1-3(5)7-4(6)2-8/h2H2,1,8H3. The van der Waals surface area contributed by atoms with E-state index in [2.05, 4.69) is 4.74 Å². The Balaban J connectivity index is 3.40. The molecule has 0 bridgehead atoms. The lowest BCUT2D eigenvalue weighted by atomic mass is 10.7. The van der Waals surface area contributed by atoms with Crippen LogP contribution in [0.25, 0.3) is 0 Å². The molecular formula is C4H8O3Si. The second-order valence-corrected chi connectivity index (χ2v) is 2.03. The molecule has 0 aliphatic rings. The Morgan fingerprint density at radius 2 is 2.12 bits per heavy atom. The first-order valence-corrected chi connectivity index (χ1v) is 3.79. The average molecular weight is 132 g/mol. The number of rotatable bonds is 1. The van der Waals surface area contributed by atoms with E-state index < -0.39 is 11.9 Å². The summed E-state index contributed by atoms with van der Waals surface area (Å²) in [6, 6.07) is 0.388. The van der Waals surface area contributed by atoms with Crippen LogP contribution in [0.5, 0.6) is 0 Å². The summed E-state index contributed by atoms with van der Waals surface area (Å²) in [6.07, 6.45) is 0. The van der Waals surface area contributed by atoms with Crippen LogP contribution in [-0.4, -0.2) is 22.2 Å². The summed E-state index contributed by atoms with van der Waals surface area (Å²) in [5.41, 5.74) is 0. The summed E-state index contributed by atoms with van der Waals surface area (Å²) in [5.74, 6) is -0.935. The average Bonchev–Trinajstić information content (AvgIpc) is 1.65. The first kappa shape index (κ1) is 7.36. The van der Waals surface area contributed by atoms with Gasteiger partial charge in [-0.25, -0.2) is 0 Å². The van der Waals surface area contributed by atoms with Crippen LogP contribution in [0.1, 0.15) is 6.92 Å². The third kappa shape index (κ3) is 3.54. The molecule has 0 aliphatic carbocycles. The van der Waals surface area contributed by atoms with E-state index in [1.54, 1.807) is 0 Å². The third-order valence-electron chi connectivity index (χ3n) is 0.546. The monoisotopic (exact) mass is 132 g/mol. The van der Waals surface area contributed by atoms with Gasteiger partial charge in [-0.2, -0.15) is 0 Å².